The van der Waals surface area contributed by atoms with E-state index in [0.29, 0.717) is 24.5 Å². The van der Waals surface area contributed by atoms with Gasteiger partial charge in [0.15, 0.2) is 0 Å². The molecular formula is C14H19NO2. The van der Waals surface area contributed by atoms with Gasteiger partial charge < -0.3 is 10.4 Å². The Morgan fingerprint density at radius 2 is 1.88 bits per heavy atom. The van der Waals surface area contributed by atoms with E-state index in [1.54, 1.807) is 12.1 Å². The molecular weight excluding hydrogens is 214 g/mol. The van der Waals surface area contributed by atoms with Crippen molar-refractivity contribution in [3.63, 3.8) is 0 Å². The average Bonchev–Trinajstić information content (AvgIpc) is 2.33. The summed E-state index contributed by atoms with van der Waals surface area (Å²) < 4.78 is 0. The molecule has 3 heteroatoms. The van der Waals surface area contributed by atoms with Crippen LogP contribution in [0.1, 0.15) is 24.8 Å². The summed E-state index contributed by atoms with van der Waals surface area (Å²) in [4.78, 5) is 11.9. The number of hydrogen-bond donors (Lipinski definition) is 2. The van der Waals surface area contributed by atoms with E-state index < -0.39 is 0 Å². The van der Waals surface area contributed by atoms with E-state index >= 15 is 0 Å². The van der Waals surface area contributed by atoms with Crippen molar-refractivity contribution in [3.8, 4) is 5.75 Å². The van der Waals surface area contributed by atoms with Gasteiger partial charge in [0.25, 0.3) is 0 Å². The highest BCUT2D eigenvalue weighted by Crippen LogP contribution is 2.18. The quantitative estimate of drug-likeness (QED) is 0.835. The van der Waals surface area contributed by atoms with Crippen LogP contribution in [0.2, 0.25) is 0 Å². The Morgan fingerprint density at radius 3 is 2.53 bits per heavy atom. The van der Waals surface area contributed by atoms with E-state index in [0.717, 1.165) is 31.5 Å². The van der Waals surface area contributed by atoms with Crippen molar-refractivity contribution >= 4 is 5.78 Å². The van der Waals surface area contributed by atoms with Crippen LogP contribution in [-0.4, -0.2) is 24.0 Å². The van der Waals surface area contributed by atoms with E-state index in [4.69, 9.17) is 5.11 Å². The average molecular weight is 233 g/mol. The Balaban J connectivity index is 1.82. The molecule has 1 aliphatic heterocycles. The van der Waals surface area contributed by atoms with Gasteiger partial charge in [-0.2, -0.15) is 0 Å². The van der Waals surface area contributed by atoms with Gasteiger partial charge in [-0.3, -0.25) is 4.79 Å². The predicted octanol–water partition coefficient (Wildman–Crippen LogP) is 1.89. The van der Waals surface area contributed by atoms with Crippen LogP contribution in [0.15, 0.2) is 24.3 Å². The van der Waals surface area contributed by atoms with Crippen molar-refractivity contribution in [1.29, 1.82) is 0 Å². The lowest BCUT2D eigenvalue weighted by Crippen LogP contribution is -2.29. The number of phenolic OH excluding ortho intramolecular Hbond substituents is 1. The van der Waals surface area contributed by atoms with Gasteiger partial charge in [0.05, 0.1) is 0 Å². The fourth-order valence-corrected chi connectivity index (χ4v) is 2.32. The Hall–Kier alpha value is -1.35. The predicted molar refractivity (Wildman–Crippen MR) is 67.0 cm³/mol. The van der Waals surface area contributed by atoms with Gasteiger partial charge in [0.2, 0.25) is 0 Å². The second kappa shape index (κ2) is 5.82. The Morgan fingerprint density at radius 1 is 1.24 bits per heavy atom. The van der Waals surface area contributed by atoms with Gasteiger partial charge in [0.1, 0.15) is 11.5 Å². The number of benzene rings is 1. The van der Waals surface area contributed by atoms with Gasteiger partial charge in [-0.05, 0) is 49.5 Å². The third kappa shape index (κ3) is 3.86. The van der Waals surface area contributed by atoms with E-state index in [2.05, 4.69) is 5.32 Å². The molecule has 0 spiro atoms. The first-order valence-electron chi connectivity index (χ1n) is 6.24. The highest BCUT2D eigenvalue weighted by Gasteiger charge is 2.16. The standard InChI is InChI=1S/C14H19NO2/c16-13-3-1-11(2-4-13)9-14(17)10-12-5-7-15-8-6-12/h1-4,12,15-16H,5-10H2. The number of piperidine rings is 1. The van der Waals surface area contributed by atoms with Crippen LogP contribution in [-0.2, 0) is 11.2 Å². The Kier molecular flexibility index (Phi) is 4.15. The van der Waals surface area contributed by atoms with Crippen molar-refractivity contribution in [1.82, 2.24) is 5.32 Å². The molecule has 1 heterocycles. The van der Waals surface area contributed by atoms with Gasteiger partial charge in [0, 0.05) is 12.8 Å². The molecule has 92 valence electrons. The van der Waals surface area contributed by atoms with E-state index in [1.165, 1.54) is 0 Å². The molecule has 0 saturated carbocycles. The van der Waals surface area contributed by atoms with Crippen LogP contribution in [0.4, 0.5) is 0 Å². The molecule has 1 aliphatic rings. The smallest absolute Gasteiger partial charge is 0.137 e. The molecule has 17 heavy (non-hydrogen) atoms. The van der Waals surface area contributed by atoms with E-state index in [1.807, 2.05) is 12.1 Å². The molecule has 0 aromatic heterocycles. The lowest BCUT2D eigenvalue weighted by atomic mass is 9.91. The van der Waals surface area contributed by atoms with E-state index in [-0.39, 0.29) is 5.75 Å². The Labute approximate surface area is 102 Å². The minimum Gasteiger partial charge on any atom is -0.508 e. The summed E-state index contributed by atoms with van der Waals surface area (Å²) in [5, 5.41) is 12.5. The largest absolute Gasteiger partial charge is 0.508 e. The van der Waals surface area contributed by atoms with E-state index in [9.17, 15) is 4.79 Å². The number of phenols is 1. The highest BCUT2D eigenvalue weighted by molar-refractivity contribution is 5.81. The fraction of sp³-hybridized carbons (Fsp3) is 0.500. The van der Waals surface area contributed by atoms with Crippen molar-refractivity contribution in [2.75, 3.05) is 13.1 Å². The summed E-state index contributed by atoms with van der Waals surface area (Å²) in [6.07, 6.45) is 3.41. The number of nitrogens with one attached hydrogen (secondary N) is 1. The molecule has 0 radical (unpaired) electrons. The second-order valence-electron chi connectivity index (χ2n) is 4.78. The molecule has 2 rings (SSSR count). The van der Waals surface area contributed by atoms with Crippen molar-refractivity contribution in [2.45, 2.75) is 25.7 Å². The van der Waals surface area contributed by atoms with Crippen LogP contribution in [0.5, 0.6) is 5.75 Å². The maximum Gasteiger partial charge on any atom is 0.137 e. The number of carbonyl (C=O) groups excluding carboxylic acids is 1. The molecule has 0 atom stereocenters. The van der Waals surface area contributed by atoms with Crippen LogP contribution < -0.4 is 5.32 Å². The molecule has 0 bridgehead atoms. The maximum atomic E-state index is 11.9. The van der Waals surface area contributed by atoms with Gasteiger partial charge in [-0.25, -0.2) is 0 Å². The number of ketones is 1. The fourth-order valence-electron chi connectivity index (χ4n) is 2.32. The number of rotatable bonds is 4. The van der Waals surface area contributed by atoms with Crippen LogP contribution in [0.3, 0.4) is 0 Å². The molecule has 1 aromatic carbocycles. The zero-order chi connectivity index (χ0) is 12.1. The molecule has 3 nitrogen and oxygen atoms in total. The molecule has 1 aromatic rings. The summed E-state index contributed by atoms with van der Waals surface area (Å²) in [5.74, 6) is 1.11. The number of hydrogen-bond acceptors (Lipinski definition) is 3. The van der Waals surface area contributed by atoms with Crippen LogP contribution in [0, 0.1) is 5.92 Å². The third-order valence-electron chi connectivity index (χ3n) is 3.31. The van der Waals surface area contributed by atoms with Gasteiger partial charge in [-0.15, -0.1) is 0 Å². The molecule has 2 N–H and O–H groups in total. The zero-order valence-electron chi connectivity index (χ0n) is 9.98. The molecule has 0 unspecified atom stereocenters. The van der Waals surface area contributed by atoms with Crippen molar-refractivity contribution in [3.05, 3.63) is 29.8 Å². The summed E-state index contributed by atoms with van der Waals surface area (Å²) in [6.45, 7) is 2.08. The highest BCUT2D eigenvalue weighted by atomic mass is 16.3. The SMILES string of the molecule is O=C(Cc1ccc(O)cc1)CC1CCNCC1. The Bertz CT molecular complexity index is 366. The van der Waals surface area contributed by atoms with Gasteiger partial charge >= 0.3 is 0 Å². The number of carbonyl (C=O) groups is 1. The summed E-state index contributed by atoms with van der Waals surface area (Å²) in [5.41, 5.74) is 0.988. The molecule has 1 saturated heterocycles. The first-order chi connectivity index (χ1) is 8.24. The lowest BCUT2D eigenvalue weighted by Gasteiger charge is -2.21. The maximum absolute atomic E-state index is 11.9. The first-order valence-corrected chi connectivity index (χ1v) is 6.24. The topological polar surface area (TPSA) is 49.3 Å². The first kappa shape index (κ1) is 12.1. The third-order valence-corrected chi connectivity index (χ3v) is 3.31. The minimum atomic E-state index is 0.250. The van der Waals surface area contributed by atoms with Crippen molar-refractivity contribution < 1.29 is 9.90 Å². The summed E-state index contributed by atoms with van der Waals surface area (Å²) in [6, 6.07) is 6.89. The normalized spacial score (nSPS) is 16.9. The monoisotopic (exact) mass is 233 g/mol. The molecule has 0 amide bonds. The minimum absolute atomic E-state index is 0.250. The molecule has 1 fully saturated rings. The second-order valence-corrected chi connectivity index (χ2v) is 4.78. The summed E-state index contributed by atoms with van der Waals surface area (Å²) >= 11 is 0. The van der Waals surface area contributed by atoms with Crippen LogP contribution in [0.25, 0.3) is 0 Å². The zero-order valence-corrected chi connectivity index (χ0v) is 9.98. The summed E-state index contributed by atoms with van der Waals surface area (Å²) in [7, 11) is 0. The van der Waals surface area contributed by atoms with Gasteiger partial charge in [-0.1, -0.05) is 12.1 Å². The lowest BCUT2D eigenvalue weighted by molar-refractivity contribution is -0.119. The number of Topliss-reactive ketones (excluding diaryl/α,β-unsaturated/α-hetero) is 1. The number of aromatic hydroxyl groups is 1. The van der Waals surface area contributed by atoms with Crippen LogP contribution >= 0.6 is 0 Å². The van der Waals surface area contributed by atoms with Crippen molar-refractivity contribution in [2.24, 2.45) is 5.92 Å². The molecule has 0 aliphatic carbocycles.